The Morgan fingerprint density at radius 3 is 2.47 bits per heavy atom. The highest BCUT2D eigenvalue weighted by Gasteiger charge is 2.26. The number of carbonyl (C=O) groups excluding carboxylic acids is 1. The number of rotatable bonds is 5. The molecule has 1 aromatic heterocycles. The third kappa shape index (κ3) is 4.16. The van der Waals surface area contributed by atoms with Crippen LogP contribution >= 0.6 is 0 Å². The zero-order chi connectivity index (χ0) is 23.5. The highest BCUT2D eigenvalue weighted by molar-refractivity contribution is 5.98. The molecule has 0 saturated carbocycles. The van der Waals surface area contributed by atoms with Crippen molar-refractivity contribution < 1.29 is 4.79 Å². The first-order chi connectivity index (χ1) is 16.7. The average Bonchev–Trinajstić information content (AvgIpc) is 3.44. The monoisotopic (exact) mass is 446 g/mol. The first-order valence-corrected chi connectivity index (χ1v) is 11.6. The highest BCUT2D eigenvalue weighted by atomic mass is 16.2. The first kappa shape index (κ1) is 21.8. The van der Waals surface area contributed by atoms with Crippen molar-refractivity contribution in [2.24, 2.45) is 5.73 Å². The maximum Gasteiger partial charge on any atom is 0.253 e. The van der Waals surface area contributed by atoms with Crippen LogP contribution in [0.4, 0.5) is 0 Å². The van der Waals surface area contributed by atoms with Crippen molar-refractivity contribution in [3.05, 3.63) is 113 Å². The number of fused-ring (bicyclic) bond motifs is 1. The van der Waals surface area contributed by atoms with Crippen molar-refractivity contribution in [3.8, 4) is 6.07 Å². The lowest BCUT2D eigenvalue weighted by atomic mass is 9.80. The van der Waals surface area contributed by atoms with E-state index >= 15 is 0 Å². The molecule has 2 heterocycles. The number of aromatic nitrogens is 1. The van der Waals surface area contributed by atoms with E-state index in [-0.39, 0.29) is 17.9 Å². The summed E-state index contributed by atoms with van der Waals surface area (Å²) in [5, 5.41) is 10.4. The Balaban J connectivity index is 1.63. The first-order valence-electron chi connectivity index (χ1n) is 11.6. The minimum Gasteiger partial charge on any atom is -0.339 e. The summed E-state index contributed by atoms with van der Waals surface area (Å²) in [7, 11) is 0. The molecule has 2 N–H and O–H groups in total. The number of pyridine rings is 1. The van der Waals surface area contributed by atoms with E-state index in [1.165, 1.54) is 0 Å². The Morgan fingerprint density at radius 2 is 1.71 bits per heavy atom. The summed E-state index contributed by atoms with van der Waals surface area (Å²) in [6.07, 6.45) is 3.89. The Labute approximate surface area is 199 Å². The van der Waals surface area contributed by atoms with E-state index in [0.29, 0.717) is 11.1 Å². The fourth-order valence-electron chi connectivity index (χ4n) is 4.93. The summed E-state index contributed by atoms with van der Waals surface area (Å²) >= 11 is 0. The molecule has 5 rings (SSSR count). The molecule has 4 aromatic rings. The van der Waals surface area contributed by atoms with E-state index in [0.717, 1.165) is 53.5 Å². The minimum absolute atomic E-state index is 0.0610. The Bertz CT molecular complexity index is 1370. The van der Waals surface area contributed by atoms with Crippen LogP contribution in [0.25, 0.3) is 10.9 Å². The predicted octanol–water partition coefficient (Wildman–Crippen LogP) is 5.17. The van der Waals surface area contributed by atoms with E-state index in [2.05, 4.69) is 11.1 Å². The molecule has 0 radical (unpaired) electrons. The van der Waals surface area contributed by atoms with Gasteiger partial charge in [-0.05, 0) is 59.9 Å². The van der Waals surface area contributed by atoms with Gasteiger partial charge in [0.2, 0.25) is 0 Å². The van der Waals surface area contributed by atoms with Gasteiger partial charge in [-0.15, -0.1) is 0 Å². The smallest absolute Gasteiger partial charge is 0.253 e. The number of benzene rings is 3. The van der Waals surface area contributed by atoms with Gasteiger partial charge in [0.25, 0.3) is 5.91 Å². The summed E-state index contributed by atoms with van der Waals surface area (Å²) in [6, 6.07) is 27.3. The molecule has 1 saturated heterocycles. The average molecular weight is 447 g/mol. The third-order valence-electron chi connectivity index (χ3n) is 6.67. The maximum atomic E-state index is 12.9. The fourth-order valence-corrected chi connectivity index (χ4v) is 4.93. The van der Waals surface area contributed by atoms with Crippen LogP contribution in [-0.2, 0) is 0 Å². The Hall–Kier alpha value is -4.01. The van der Waals surface area contributed by atoms with Gasteiger partial charge < -0.3 is 10.6 Å². The summed E-state index contributed by atoms with van der Waals surface area (Å²) in [5.41, 5.74) is 11.9. The molecule has 1 aliphatic heterocycles. The number of hydrogen-bond donors (Lipinski definition) is 1. The van der Waals surface area contributed by atoms with E-state index in [4.69, 9.17) is 5.73 Å². The zero-order valence-corrected chi connectivity index (χ0v) is 18.9. The normalized spacial score (nSPS) is 15.1. The molecule has 0 spiro atoms. The number of nitrogens with two attached hydrogens (primary N) is 1. The molecule has 0 aliphatic carbocycles. The van der Waals surface area contributed by atoms with Gasteiger partial charge >= 0.3 is 0 Å². The van der Waals surface area contributed by atoms with Crippen molar-refractivity contribution >= 4 is 16.8 Å². The van der Waals surface area contributed by atoms with E-state index in [1.807, 2.05) is 77.7 Å². The largest absolute Gasteiger partial charge is 0.339 e. The fraction of sp³-hybridized carbons (Fsp3) is 0.207. The molecular weight excluding hydrogens is 420 g/mol. The molecule has 2 atom stereocenters. The lowest BCUT2D eigenvalue weighted by molar-refractivity contribution is 0.0793. The highest BCUT2D eigenvalue weighted by Crippen LogP contribution is 2.38. The van der Waals surface area contributed by atoms with Gasteiger partial charge in [0.05, 0.1) is 17.1 Å². The Kier molecular flexibility index (Phi) is 6.07. The lowest BCUT2D eigenvalue weighted by Gasteiger charge is -2.27. The number of carbonyl (C=O) groups is 1. The van der Waals surface area contributed by atoms with Crippen LogP contribution in [0.1, 0.15) is 57.4 Å². The predicted molar refractivity (Wildman–Crippen MR) is 133 cm³/mol. The number of amides is 1. The second kappa shape index (κ2) is 9.46. The van der Waals surface area contributed by atoms with Gasteiger partial charge in [0.15, 0.2) is 0 Å². The molecule has 2 unspecified atom stereocenters. The maximum absolute atomic E-state index is 12.9. The van der Waals surface area contributed by atoms with Gasteiger partial charge in [0.1, 0.15) is 0 Å². The molecule has 1 aliphatic rings. The summed E-state index contributed by atoms with van der Waals surface area (Å²) in [4.78, 5) is 19.4. The minimum atomic E-state index is -0.327. The lowest BCUT2D eigenvalue weighted by Crippen LogP contribution is -2.27. The molecule has 34 heavy (non-hydrogen) atoms. The molecular formula is C29H26N4O. The van der Waals surface area contributed by atoms with Gasteiger partial charge in [-0.25, -0.2) is 0 Å². The van der Waals surface area contributed by atoms with Gasteiger partial charge in [-0.2, -0.15) is 5.26 Å². The topological polar surface area (TPSA) is 83.0 Å². The third-order valence-corrected chi connectivity index (χ3v) is 6.67. The van der Waals surface area contributed by atoms with Crippen LogP contribution in [0, 0.1) is 11.3 Å². The van der Waals surface area contributed by atoms with Crippen LogP contribution in [0.2, 0.25) is 0 Å². The number of likely N-dealkylation sites (tertiary alicyclic amines) is 1. The number of nitriles is 1. The van der Waals surface area contributed by atoms with E-state index in [1.54, 1.807) is 12.3 Å². The molecule has 3 aromatic carbocycles. The summed E-state index contributed by atoms with van der Waals surface area (Å²) in [5.74, 6) is -0.132. The second-order valence-corrected chi connectivity index (χ2v) is 8.78. The van der Waals surface area contributed by atoms with Crippen LogP contribution in [0.15, 0.2) is 85.1 Å². The van der Waals surface area contributed by atoms with Crippen molar-refractivity contribution in [1.82, 2.24) is 9.88 Å². The molecule has 5 nitrogen and oxygen atoms in total. The quantitative estimate of drug-likeness (QED) is 0.458. The Morgan fingerprint density at radius 1 is 0.941 bits per heavy atom. The SMILES string of the molecule is N#Cc1cccc(C(c2ccnc3cc(C(=O)N4CCCC4)ccc23)C(N)c2ccccc2)c1. The van der Waals surface area contributed by atoms with Gasteiger partial charge in [-0.1, -0.05) is 48.5 Å². The zero-order valence-electron chi connectivity index (χ0n) is 18.9. The standard InChI is InChI=1S/C29H26N4O/c30-19-20-7-6-10-22(17-20)27(28(31)21-8-2-1-3-9-21)25-13-14-32-26-18-23(11-12-24(25)26)29(34)33-15-4-5-16-33/h1-3,6-14,17-18,27-28H,4-5,15-16,31H2. The molecule has 168 valence electrons. The van der Waals surface area contributed by atoms with Crippen LogP contribution in [0.5, 0.6) is 0 Å². The van der Waals surface area contributed by atoms with Gasteiger partial charge in [-0.3, -0.25) is 9.78 Å². The van der Waals surface area contributed by atoms with E-state index in [9.17, 15) is 10.1 Å². The second-order valence-electron chi connectivity index (χ2n) is 8.78. The summed E-state index contributed by atoms with van der Waals surface area (Å²) in [6.45, 7) is 1.63. The van der Waals surface area contributed by atoms with E-state index < -0.39 is 0 Å². The number of nitrogens with zero attached hydrogens (tertiary/aromatic N) is 3. The molecule has 1 amide bonds. The van der Waals surface area contributed by atoms with Crippen molar-refractivity contribution in [3.63, 3.8) is 0 Å². The van der Waals surface area contributed by atoms with Crippen LogP contribution in [0.3, 0.4) is 0 Å². The molecule has 0 bridgehead atoms. The van der Waals surface area contributed by atoms with Crippen LogP contribution < -0.4 is 5.73 Å². The molecule has 5 heteroatoms. The van der Waals surface area contributed by atoms with Crippen molar-refractivity contribution in [2.45, 2.75) is 24.8 Å². The molecule has 1 fully saturated rings. The van der Waals surface area contributed by atoms with Crippen molar-refractivity contribution in [2.75, 3.05) is 13.1 Å². The van der Waals surface area contributed by atoms with Crippen LogP contribution in [-0.4, -0.2) is 28.9 Å². The number of hydrogen-bond acceptors (Lipinski definition) is 4. The van der Waals surface area contributed by atoms with Gasteiger partial charge in [0, 0.05) is 42.2 Å². The van der Waals surface area contributed by atoms with Crippen molar-refractivity contribution in [1.29, 1.82) is 5.26 Å². The summed E-state index contributed by atoms with van der Waals surface area (Å²) < 4.78 is 0.